The van der Waals surface area contributed by atoms with Gasteiger partial charge in [0.2, 0.25) is 10.0 Å². The number of nitrogens with one attached hydrogen (secondary N) is 1. The molecule has 0 bridgehead atoms. The minimum Gasteiger partial charge on any atom is -0.210 e. The molecule has 1 aromatic rings. The van der Waals surface area contributed by atoms with Crippen LogP contribution in [0.3, 0.4) is 0 Å². The third-order valence-electron chi connectivity index (χ3n) is 1.69. The first-order valence-electron chi connectivity index (χ1n) is 4.18. The summed E-state index contributed by atoms with van der Waals surface area (Å²) in [6.07, 6.45) is 0. The summed E-state index contributed by atoms with van der Waals surface area (Å²) in [5.74, 6) is 0.269. The van der Waals surface area contributed by atoms with Gasteiger partial charge in [-0.15, -0.1) is 11.6 Å². The molecular formula is C9H12ClNO2S. The van der Waals surface area contributed by atoms with Crippen molar-refractivity contribution < 1.29 is 8.42 Å². The van der Waals surface area contributed by atoms with Crippen molar-refractivity contribution >= 4 is 21.6 Å². The fourth-order valence-electron chi connectivity index (χ4n) is 1.04. The predicted octanol–water partition coefficient (Wildman–Crippen LogP) is 1.51. The van der Waals surface area contributed by atoms with Gasteiger partial charge in [-0.1, -0.05) is 12.1 Å². The van der Waals surface area contributed by atoms with Gasteiger partial charge in [0.25, 0.3) is 0 Å². The Hall–Kier alpha value is -0.580. The van der Waals surface area contributed by atoms with Crippen LogP contribution in [0, 0.1) is 6.92 Å². The lowest BCUT2D eigenvalue weighted by Crippen LogP contribution is -2.25. The fourth-order valence-corrected chi connectivity index (χ4v) is 2.38. The Morgan fingerprint density at radius 2 is 2.14 bits per heavy atom. The van der Waals surface area contributed by atoms with E-state index in [4.69, 9.17) is 11.6 Å². The van der Waals surface area contributed by atoms with E-state index >= 15 is 0 Å². The van der Waals surface area contributed by atoms with Gasteiger partial charge in [-0.3, -0.25) is 0 Å². The fraction of sp³-hybridized carbons (Fsp3) is 0.333. The number of rotatable bonds is 4. The molecule has 1 aromatic carbocycles. The van der Waals surface area contributed by atoms with E-state index in [1.54, 1.807) is 18.2 Å². The molecule has 0 atom stereocenters. The van der Waals surface area contributed by atoms with E-state index in [0.717, 1.165) is 5.56 Å². The highest BCUT2D eigenvalue weighted by molar-refractivity contribution is 7.89. The third-order valence-corrected chi connectivity index (χ3v) is 3.33. The normalized spacial score (nSPS) is 11.6. The number of sulfonamides is 1. The van der Waals surface area contributed by atoms with Crippen LogP contribution in [0.5, 0.6) is 0 Å². The van der Waals surface area contributed by atoms with Crippen LogP contribution in [-0.2, 0) is 10.0 Å². The standard InChI is InChI=1S/C9H12ClNO2S/c1-8-3-2-4-9(7-8)14(12,13)11-6-5-10/h2-4,7,11H,5-6H2,1H3. The highest BCUT2D eigenvalue weighted by Gasteiger charge is 2.12. The molecule has 0 aliphatic carbocycles. The van der Waals surface area contributed by atoms with Crippen molar-refractivity contribution in [3.63, 3.8) is 0 Å². The molecule has 0 saturated heterocycles. The summed E-state index contributed by atoms with van der Waals surface area (Å²) in [6, 6.07) is 6.74. The van der Waals surface area contributed by atoms with Gasteiger partial charge >= 0.3 is 0 Å². The quantitative estimate of drug-likeness (QED) is 0.802. The second kappa shape index (κ2) is 4.77. The van der Waals surface area contributed by atoms with E-state index < -0.39 is 10.0 Å². The van der Waals surface area contributed by atoms with Gasteiger partial charge in [-0.05, 0) is 24.6 Å². The van der Waals surface area contributed by atoms with Gasteiger partial charge in [0.05, 0.1) is 4.90 Å². The minimum absolute atomic E-state index is 0.248. The second-order valence-electron chi connectivity index (χ2n) is 2.90. The molecular weight excluding hydrogens is 222 g/mol. The van der Waals surface area contributed by atoms with E-state index in [1.165, 1.54) is 0 Å². The van der Waals surface area contributed by atoms with E-state index in [9.17, 15) is 8.42 Å². The van der Waals surface area contributed by atoms with Gasteiger partial charge in [0.1, 0.15) is 0 Å². The maximum Gasteiger partial charge on any atom is 0.240 e. The predicted molar refractivity (Wildman–Crippen MR) is 57.1 cm³/mol. The number of aryl methyl sites for hydroxylation is 1. The van der Waals surface area contributed by atoms with E-state index in [-0.39, 0.29) is 17.3 Å². The average Bonchev–Trinajstić information content (AvgIpc) is 2.15. The van der Waals surface area contributed by atoms with Crippen molar-refractivity contribution in [3.05, 3.63) is 29.8 Å². The molecule has 0 aromatic heterocycles. The smallest absolute Gasteiger partial charge is 0.210 e. The average molecular weight is 234 g/mol. The molecule has 14 heavy (non-hydrogen) atoms. The largest absolute Gasteiger partial charge is 0.240 e. The minimum atomic E-state index is -3.38. The number of alkyl halides is 1. The molecule has 0 heterocycles. The van der Waals surface area contributed by atoms with Crippen molar-refractivity contribution in [2.75, 3.05) is 12.4 Å². The van der Waals surface area contributed by atoms with Gasteiger partial charge in [0.15, 0.2) is 0 Å². The Bertz CT molecular complexity index is 403. The van der Waals surface area contributed by atoms with Crippen LogP contribution in [0.1, 0.15) is 5.56 Å². The van der Waals surface area contributed by atoms with Crippen LogP contribution in [0.4, 0.5) is 0 Å². The van der Waals surface area contributed by atoms with Crippen LogP contribution in [0.25, 0.3) is 0 Å². The monoisotopic (exact) mass is 233 g/mol. The van der Waals surface area contributed by atoms with Crippen LogP contribution in [0.2, 0.25) is 0 Å². The highest BCUT2D eigenvalue weighted by Crippen LogP contribution is 2.10. The van der Waals surface area contributed by atoms with E-state index in [2.05, 4.69) is 4.72 Å². The molecule has 3 nitrogen and oxygen atoms in total. The number of hydrogen-bond acceptors (Lipinski definition) is 2. The molecule has 0 saturated carbocycles. The van der Waals surface area contributed by atoms with Gasteiger partial charge in [0, 0.05) is 12.4 Å². The lowest BCUT2D eigenvalue weighted by atomic mass is 10.2. The molecule has 5 heteroatoms. The molecule has 0 radical (unpaired) electrons. The summed E-state index contributed by atoms with van der Waals surface area (Å²) in [7, 11) is -3.38. The highest BCUT2D eigenvalue weighted by atomic mass is 35.5. The Balaban J connectivity index is 2.93. The zero-order chi connectivity index (χ0) is 10.6. The van der Waals surface area contributed by atoms with Crippen LogP contribution in [-0.4, -0.2) is 20.8 Å². The zero-order valence-electron chi connectivity index (χ0n) is 7.83. The maximum atomic E-state index is 11.6. The summed E-state index contributed by atoms with van der Waals surface area (Å²) in [4.78, 5) is 0.280. The van der Waals surface area contributed by atoms with Crippen molar-refractivity contribution in [1.29, 1.82) is 0 Å². The third kappa shape index (κ3) is 2.97. The Morgan fingerprint density at radius 3 is 2.71 bits per heavy atom. The molecule has 0 unspecified atom stereocenters. The molecule has 1 rings (SSSR count). The van der Waals surface area contributed by atoms with Gasteiger partial charge < -0.3 is 0 Å². The maximum absolute atomic E-state index is 11.6. The zero-order valence-corrected chi connectivity index (χ0v) is 9.40. The SMILES string of the molecule is Cc1cccc(S(=O)(=O)NCCCl)c1. The Labute approximate surface area is 89.1 Å². The molecule has 78 valence electrons. The summed E-state index contributed by atoms with van der Waals surface area (Å²) in [5, 5.41) is 0. The van der Waals surface area contributed by atoms with Crippen molar-refractivity contribution in [2.45, 2.75) is 11.8 Å². The molecule has 0 amide bonds. The molecule has 0 aliphatic heterocycles. The summed E-state index contributed by atoms with van der Waals surface area (Å²) < 4.78 is 25.5. The van der Waals surface area contributed by atoms with Crippen molar-refractivity contribution in [3.8, 4) is 0 Å². The topological polar surface area (TPSA) is 46.2 Å². The van der Waals surface area contributed by atoms with Crippen LogP contribution in [0.15, 0.2) is 29.2 Å². The first kappa shape index (κ1) is 11.5. The lowest BCUT2D eigenvalue weighted by Gasteiger charge is -2.05. The molecule has 0 spiro atoms. The Morgan fingerprint density at radius 1 is 1.43 bits per heavy atom. The Kier molecular flexibility index (Phi) is 3.92. The van der Waals surface area contributed by atoms with Crippen molar-refractivity contribution in [2.24, 2.45) is 0 Å². The van der Waals surface area contributed by atoms with Gasteiger partial charge in [-0.25, -0.2) is 13.1 Å². The number of hydrogen-bond donors (Lipinski definition) is 1. The van der Waals surface area contributed by atoms with E-state index in [0.29, 0.717) is 0 Å². The second-order valence-corrected chi connectivity index (χ2v) is 5.05. The molecule has 0 fully saturated rings. The lowest BCUT2D eigenvalue weighted by molar-refractivity contribution is 0.584. The van der Waals surface area contributed by atoms with E-state index in [1.807, 2.05) is 13.0 Å². The van der Waals surface area contributed by atoms with Crippen LogP contribution < -0.4 is 4.72 Å². The van der Waals surface area contributed by atoms with Crippen molar-refractivity contribution in [1.82, 2.24) is 4.72 Å². The number of halogens is 1. The van der Waals surface area contributed by atoms with Crippen LogP contribution >= 0.6 is 11.6 Å². The summed E-state index contributed by atoms with van der Waals surface area (Å²) >= 11 is 5.40. The summed E-state index contributed by atoms with van der Waals surface area (Å²) in [6.45, 7) is 2.10. The molecule has 0 aliphatic rings. The first-order valence-corrected chi connectivity index (χ1v) is 6.20. The first-order chi connectivity index (χ1) is 6.56. The number of benzene rings is 1. The summed E-state index contributed by atoms with van der Waals surface area (Å²) in [5.41, 5.74) is 0.916. The molecule has 1 N–H and O–H groups in total. The van der Waals surface area contributed by atoms with Gasteiger partial charge in [-0.2, -0.15) is 0 Å².